The summed E-state index contributed by atoms with van der Waals surface area (Å²) < 4.78 is 26.0. The zero-order valence-electron chi connectivity index (χ0n) is 11.7. The van der Waals surface area contributed by atoms with Crippen molar-refractivity contribution in [3.63, 3.8) is 0 Å². The van der Waals surface area contributed by atoms with E-state index in [-0.39, 0.29) is 10.7 Å². The van der Waals surface area contributed by atoms with E-state index in [9.17, 15) is 13.2 Å². The van der Waals surface area contributed by atoms with E-state index < -0.39 is 13.3 Å². The van der Waals surface area contributed by atoms with E-state index in [0.717, 1.165) is 5.56 Å². The summed E-state index contributed by atoms with van der Waals surface area (Å²) in [5.74, 6) is -0.147. The first-order chi connectivity index (χ1) is 10.2. The molecule has 1 aromatic heterocycles. The van der Waals surface area contributed by atoms with Crippen LogP contribution in [0.1, 0.15) is 28.0 Å². The number of benzene rings is 1. The molecule has 0 aliphatic heterocycles. The lowest BCUT2D eigenvalue weighted by Crippen LogP contribution is -2.32. The summed E-state index contributed by atoms with van der Waals surface area (Å²) in [5.41, 5.74) is 1.97. The quantitative estimate of drug-likeness (QED) is 0.661. The highest BCUT2D eigenvalue weighted by atomic mass is 79.9. The molecule has 22 heavy (non-hydrogen) atoms. The number of nitrogens with zero attached hydrogens (tertiary/aromatic N) is 1. The summed E-state index contributed by atoms with van der Waals surface area (Å²) in [4.78, 5) is 12.6. The fourth-order valence-electron chi connectivity index (χ4n) is 2.53. The second kappa shape index (κ2) is 5.32. The van der Waals surface area contributed by atoms with Crippen molar-refractivity contribution in [1.29, 1.82) is 0 Å². The number of alkyl halides is 2. The zero-order chi connectivity index (χ0) is 16.1. The van der Waals surface area contributed by atoms with E-state index in [0.29, 0.717) is 24.1 Å². The minimum atomic E-state index is -3.68. The van der Waals surface area contributed by atoms with Gasteiger partial charge >= 0.3 is 0 Å². The van der Waals surface area contributed by atoms with E-state index in [1.807, 2.05) is 6.92 Å². The monoisotopic (exact) mass is 445 g/mol. The molecule has 1 aliphatic rings. The van der Waals surface area contributed by atoms with Crippen LogP contribution in [0, 0.1) is 6.92 Å². The largest absolute Gasteiger partial charge is 0.292 e. The van der Waals surface area contributed by atoms with Crippen LogP contribution in [0.15, 0.2) is 41.4 Å². The number of hydrogen-bond donors (Lipinski definition) is 0. The molecule has 4 nitrogen and oxygen atoms in total. The number of fused-ring (bicyclic) bond motifs is 1. The van der Waals surface area contributed by atoms with Gasteiger partial charge in [0.1, 0.15) is 3.23 Å². The molecule has 0 saturated carbocycles. The number of halogens is 2. The van der Waals surface area contributed by atoms with Crippen molar-refractivity contribution in [3.8, 4) is 0 Å². The van der Waals surface area contributed by atoms with E-state index in [2.05, 4.69) is 31.9 Å². The lowest BCUT2D eigenvalue weighted by atomic mass is 9.97. The van der Waals surface area contributed by atoms with Crippen LogP contribution in [0.4, 0.5) is 0 Å². The normalized spacial score (nSPS) is 17.3. The van der Waals surface area contributed by atoms with E-state index in [1.165, 1.54) is 10.2 Å². The molecule has 1 aromatic carbocycles. The first kappa shape index (κ1) is 16.0. The molecular weight excluding hydrogens is 434 g/mol. The third-order valence-corrected chi connectivity index (χ3v) is 7.03. The molecule has 3 rings (SSSR count). The Kier molecular flexibility index (Phi) is 3.86. The SMILES string of the molecule is Cc1ccc(S(=O)(=O)n2ccc3c2CCC(Br)(Br)C3=O)cc1. The summed E-state index contributed by atoms with van der Waals surface area (Å²) in [6, 6.07) is 8.26. The summed E-state index contributed by atoms with van der Waals surface area (Å²) in [6.45, 7) is 1.90. The Balaban J connectivity index is 2.11. The molecule has 7 heteroatoms. The van der Waals surface area contributed by atoms with Gasteiger partial charge in [-0.25, -0.2) is 12.4 Å². The maximum Gasteiger partial charge on any atom is 0.267 e. The molecule has 0 amide bonds. The van der Waals surface area contributed by atoms with Gasteiger partial charge in [0.25, 0.3) is 10.0 Å². The number of aryl methyl sites for hydroxylation is 1. The molecule has 0 radical (unpaired) electrons. The number of carbonyl (C=O) groups excluding carboxylic acids is 1. The Morgan fingerprint density at radius 2 is 1.77 bits per heavy atom. The van der Waals surface area contributed by atoms with Gasteiger partial charge in [-0.1, -0.05) is 49.6 Å². The molecule has 0 unspecified atom stereocenters. The summed E-state index contributed by atoms with van der Waals surface area (Å²) in [6.07, 6.45) is 2.45. The number of aromatic nitrogens is 1. The fraction of sp³-hybridized carbons (Fsp3) is 0.267. The van der Waals surface area contributed by atoms with Gasteiger partial charge in [-0.15, -0.1) is 0 Å². The maximum absolute atomic E-state index is 12.8. The Bertz CT molecular complexity index is 851. The van der Waals surface area contributed by atoms with Gasteiger partial charge in [-0.2, -0.15) is 0 Å². The van der Waals surface area contributed by atoms with Gasteiger partial charge in [0, 0.05) is 17.5 Å². The lowest BCUT2D eigenvalue weighted by Gasteiger charge is -2.25. The Morgan fingerprint density at radius 3 is 2.41 bits per heavy atom. The second-order valence-electron chi connectivity index (χ2n) is 5.32. The molecule has 0 saturated heterocycles. The third kappa shape index (κ3) is 2.49. The average Bonchev–Trinajstić information content (AvgIpc) is 2.89. The molecule has 0 spiro atoms. The van der Waals surface area contributed by atoms with Crippen molar-refractivity contribution in [1.82, 2.24) is 3.97 Å². The average molecular weight is 447 g/mol. The molecule has 0 fully saturated rings. The summed E-state index contributed by atoms with van der Waals surface area (Å²) in [5, 5.41) is 0. The second-order valence-corrected chi connectivity index (χ2v) is 10.9. The van der Waals surface area contributed by atoms with Crippen molar-refractivity contribution >= 4 is 47.7 Å². The van der Waals surface area contributed by atoms with Crippen LogP contribution in [-0.2, 0) is 16.4 Å². The summed E-state index contributed by atoms with van der Waals surface area (Å²) >= 11 is 6.70. The molecule has 0 N–H and O–H groups in total. The highest BCUT2D eigenvalue weighted by Crippen LogP contribution is 2.41. The van der Waals surface area contributed by atoms with Gasteiger partial charge in [-0.3, -0.25) is 4.79 Å². The van der Waals surface area contributed by atoms with E-state index >= 15 is 0 Å². The molecule has 0 atom stereocenters. The first-order valence-corrected chi connectivity index (χ1v) is 9.71. The van der Waals surface area contributed by atoms with Crippen molar-refractivity contribution < 1.29 is 13.2 Å². The number of Topliss-reactive ketones (excluding diaryl/α,β-unsaturated/α-hetero) is 1. The lowest BCUT2D eigenvalue weighted by molar-refractivity contribution is 0.0972. The van der Waals surface area contributed by atoms with Gasteiger partial charge in [0.05, 0.1) is 4.90 Å². The minimum absolute atomic E-state index is 0.147. The Hall–Kier alpha value is -0.920. The van der Waals surface area contributed by atoms with Gasteiger partial charge in [0.15, 0.2) is 5.78 Å². The van der Waals surface area contributed by atoms with Crippen LogP contribution in [-0.4, -0.2) is 21.4 Å². The van der Waals surface area contributed by atoms with E-state index in [1.54, 1.807) is 30.3 Å². The van der Waals surface area contributed by atoms with Crippen molar-refractivity contribution in [2.45, 2.75) is 27.9 Å². The van der Waals surface area contributed by atoms with Crippen LogP contribution >= 0.6 is 31.9 Å². The van der Waals surface area contributed by atoms with E-state index in [4.69, 9.17) is 0 Å². The molecule has 0 bridgehead atoms. The van der Waals surface area contributed by atoms with Crippen LogP contribution < -0.4 is 0 Å². The van der Waals surface area contributed by atoms with Crippen molar-refractivity contribution in [2.75, 3.05) is 0 Å². The highest BCUT2D eigenvalue weighted by molar-refractivity contribution is 9.26. The molecule has 1 heterocycles. The topological polar surface area (TPSA) is 56.1 Å². The predicted molar refractivity (Wildman–Crippen MR) is 91.4 cm³/mol. The third-order valence-electron chi connectivity index (χ3n) is 3.78. The first-order valence-electron chi connectivity index (χ1n) is 6.68. The van der Waals surface area contributed by atoms with Crippen molar-refractivity contribution in [2.24, 2.45) is 0 Å². The highest BCUT2D eigenvalue weighted by Gasteiger charge is 2.40. The number of ketones is 1. The van der Waals surface area contributed by atoms with Crippen LogP contribution in [0.25, 0.3) is 0 Å². The number of carbonyl (C=O) groups is 1. The van der Waals surface area contributed by atoms with Crippen LogP contribution in [0.3, 0.4) is 0 Å². The van der Waals surface area contributed by atoms with Crippen molar-refractivity contribution in [3.05, 3.63) is 53.3 Å². The maximum atomic E-state index is 12.8. The van der Waals surface area contributed by atoms with Crippen LogP contribution in [0.2, 0.25) is 0 Å². The summed E-state index contributed by atoms with van der Waals surface area (Å²) in [7, 11) is -3.68. The Morgan fingerprint density at radius 1 is 1.14 bits per heavy atom. The molecule has 116 valence electrons. The minimum Gasteiger partial charge on any atom is -0.292 e. The fourth-order valence-corrected chi connectivity index (χ4v) is 4.77. The molecular formula is C15H13Br2NO3S. The Labute approximate surface area is 145 Å². The van der Waals surface area contributed by atoms with Crippen LogP contribution in [0.5, 0.6) is 0 Å². The number of rotatable bonds is 2. The van der Waals surface area contributed by atoms with Gasteiger partial charge in [0.2, 0.25) is 0 Å². The van der Waals surface area contributed by atoms with Gasteiger partial charge in [-0.05, 0) is 38.0 Å². The smallest absolute Gasteiger partial charge is 0.267 e. The zero-order valence-corrected chi connectivity index (χ0v) is 15.7. The predicted octanol–water partition coefficient (Wildman–Crippen LogP) is 3.65. The van der Waals surface area contributed by atoms with Gasteiger partial charge < -0.3 is 0 Å². The molecule has 1 aliphatic carbocycles. The molecule has 2 aromatic rings. The standard InChI is InChI=1S/C15H13Br2NO3S/c1-10-2-4-11(5-3-10)22(20,21)18-9-7-12-13(18)6-8-15(16,17)14(12)19/h2-5,7,9H,6,8H2,1H3. The number of hydrogen-bond acceptors (Lipinski definition) is 3.